The Balaban J connectivity index is 2.22. The number of hydrogen-bond donors (Lipinski definition) is 1. The molecular formula is C17H16N4O2S2. The van der Waals surface area contributed by atoms with Crippen LogP contribution in [0.1, 0.15) is 11.1 Å². The minimum Gasteiger partial charge on any atom is -0.366 e. The lowest BCUT2D eigenvalue weighted by molar-refractivity contribution is -0.121. The summed E-state index contributed by atoms with van der Waals surface area (Å²) in [5.41, 5.74) is 1.54. The molecule has 25 heavy (non-hydrogen) atoms. The first-order valence-electron chi connectivity index (χ1n) is 7.51. The van der Waals surface area contributed by atoms with Crippen molar-refractivity contribution in [3.05, 3.63) is 57.4 Å². The fourth-order valence-electron chi connectivity index (χ4n) is 2.37. The predicted molar refractivity (Wildman–Crippen MR) is 106 cm³/mol. The lowest BCUT2D eigenvalue weighted by Gasteiger charge is -2.10. The van der Waals surface area contributed by atoms with Crippen LogP contribution < -0.4 is 10.9 Å². The second kappa shape index (κ2) is 6.81. The van der Waals surface area contributed by atoms with Crippen molar-refractivity contribution in [3.8, 4) is 0 Å². The van der Waals surface area contributed by atoms with Crippen LogP contribution in [0.15, 0.2) is 40.7 Å². The topological polar surface area (TPSA) is 66.7 Å². The number of likely N-dealkylation sites (N-methyl/N-ethyl adjacent to an activating group) is 1. The van der Waals surface area contributed by atoms with E-state index in [9.17, 15) is 9.59 Å². The van der Waals surface area contributed by atoms with E-state index in [-0.39, 0.29) is 11.5 Å². The first-order chi connectivity index (χ1) is 11.9. The molecule has 6 nitrogen and oxygen atoms in total. The van der Waals surface area contributed by atoms with Gasteiger partial charge in [-0.05, 0) is 24.6 Å². The normalized spacial score (nSPS) is 16.1. The molecule has 1 aliphatic rings. The van der Waals surface area contributed by atoms with Crippen LogP contribution in [-0.4, -0.2) is 38.1 Å². The van der Waals surface area contributed by atoms with E-state index in [1.807, 2.05) is 13.0 Å². The van der Waals surface area contributed by atoms with Crippen LogP contribution in [0.25, 0.3) is 11.7 Å². The lowest BCUT2D eigenvalue weighted by atomic mass is 10.2. The molecule has 3 heterocycles. The number of aromatic nitrogens is 2. The summed E-state index contributed by atoms with van der Waals surface area (Å²) in [5, 5.41) is 3.07. The van der Waals surface area contributed by atoms with Crippen molar-refractivity contribution in [2.24, 2.45) is 0 Å². The number of thiocarbonyl (C=S) groups is 1. The van der Waals surface area contributed by atoms with Gasteiger partial charge in [-0.1, -0.05) is 36.1 Å². The van der Waals surface area contributed by atoms with E-state index in [0.29, 0.717) is 32.8 Å². The number of hydrogen-bond acceptors (Lipinski definition) is 6. The lowest BCUT2D eigenvalue weighted by Crippen LogP contribution is -2.23. The molecule has 3 rings (SSSR count). The fourth-order valence-corrected chi connectivity index (χ4v) is 3.53. The molecule has 128 valence electrons. The van der Waals surface area contributed by atoms with Gasteiger partial charge < -0.3 is 5.32 Å². The molecular weight excluding hydrogens is 356 g/mol. The SMILES string of the molecule is C=CCNc1nc2ccc(C)cn2c(=O)c1/C=C1/SC(=S)N(C)C1=O. The predicted octanol–water partition coefficient (Wildman–Crippen LogP) is 2.43. The van der Waals surface area contributed by atoms with Crippen molar-refractivity contribution in [3.63, 3.8) is 0 Å². The Hall–Kier alpha value is -2.45. The van der Waals surface area contributed by atoms with Gasteiger partial charge in [0.1, 0.15) is 15.8 Å². The third-order valence-corrected chi connectivity index (χ3v) is 5.17. The molecule has 1 amide bonds. The number of aryl methyl sites for hydroxylation is 1. The van der Waals surface area contributed by atoms with E-state index in [1.54, 1.807) is 31.5 Å². The molecule has 0 atom stereocenters. The Labute approximate surface area is 154 Å². The van der Waals surface area contributed by atoms with Gasteiger partial charge in [0.2, 0.25) is 0 Å². The molecule has 1 fully saturated rings. The van der Waals surface area contributed by atoms with Crippen LogP contribution in [0.5, 0.6) is 0 Å². The standard InChI is InChI=1S/C17H16N4O2S2/c1-4-7-18-14-11(8-12-16(23)20(3)17(24)25-12)15(22)21-9-10(2)5-6-13(21)19-14/h4-6,8-9,18H,1,7H2,2-3H3/b12-8+. The summed E-state index contributed by atoms with van der Waals surface area (Å²) in [4.78, 5) is 31.5. The maximum atomic E-state index is 13.0. The Kier molecular flexibility index (Phi) is 4.73. The second-order valence-electron chi connectivity index (χ2n) is 5.52. The number of nitrogens with zero attached hydrogens (tertiary/aromatic N) is 3. The first kappa shape index (κ1) is 17.4. The summed E-state index contributed by atoms with van der Waals surface area (Å²) < 4.78 is 1.94. The molecule has 1 N–H and O–H groups in total. The average Bonchev–Trinajstić information content (AvgIpc) is 2.83. The molecule has 1 saturated heterocycles. The zero-order valence-electron chi connectivity index (χ0n) is 13.8. The van der Waals surface area contributed by atoms with Gasteiger partial charge in [0.25, 0.3) is 11.5 Å². The third-order valence-electron chi connectivity index (χ3n) is 3.68. The van der Waals surface area contributed by atoms with Crippen molar-refractivity contribution < 1.29 is 4.79 Å². The zero-order valence-corrected chi connectivity index (χ0v) is 15.4. The third kappa shape index (κ3) is 3.22. The van der Waals surface area contributed by atoms with E-state index in [0.717, 1.165) is 5.56 Å². The maximum Gasteiger partial charge on any atom is 0.267 e. The van der Waals surface area contributed by atoms with E-state index < -0.39 is 0 Å². The number of carbonyl (C=O) groups excluding carboxylic acids is 1. The molecule has 8 heteroatoms. The molecule has 0 saturated carbocycles. The number of rotatable bonds is 4. The van der Waals surface area contributed by atoms with Gasteiger partial charge in [0.15, 0.2) is 0 Å². The highest BCUT2D eigenvalue weighted by atomic mass is 32.2. The molecule has 0 radical (unpaired) electrons. The molecule has 1 aliphatic heterocycles. The Bertz CT molecular complexity index is 994. The van der Waals surface area contributed by atoms with E-state index >= 15 is 0 Å². The zero-order chi connectivity index (χ0) is 18.1. The minimum absolute atomic E-state index is 0.224. The fraction of sp³-hybridized carbons (Fsp3) is 0.176. The van der Waals surface area contributed by atoms with Gasteiger partial charge in [-0.3, -0.25) is 18.9 Å². The van der Waals surface area contributed by atoms with Crippen LogP contribution in [-0.2, 0) is 4.79 Å². The van der Waals surface area contributed by atoms with Crippen molar-refractivity contribution in [1.82, 2.24) is 14.3 Å². The van der Waals surface area contributed by atoms with Crippen LogP contribution in [0.2, 0.25) is 0 Å². The Morgan fingerprint density at radius 3 is 2.80 bits per heavy atom. The van der Waals surface area contributed by atoms with Crippen molar-refractivity contribution in [2.45, 2.75) is 6.92 Å². The van der Waals surface area contributed by atoms with Gasteiger partial charge in [-0.2, -0.15) is 0 Å². The van der Waals surface area contributed by atoms with Crippen LogP contribution in [0.3, 0.4) is 0 Å². The van der Waals surface area contributed by atoms with Crippen molar-refractivity contribution in [1.29, 1.82) is 0 Å². The van der Waals surface area contributed by atoms with Crippen LogP contribution in [0.4, 0.5) is 5.82 Å². The number of carbonyl (C=O) groups is 1. The van der Waals surface area contributed by atoms with Crippen LogP contribution >= 0.6 is 24.0 Å². The highest BCUT2D eigenvalue weighted by Gasteiger charge is 2.29. The number of pyridine rings is 1. The number of nitrogens with one attached hydrogen (secondary N) is 1. The second-order valence-corrected chi connectivity index (χ2v) is 7.20. The quantitative estimate of drug-likeness (QED) is 0.505. The van der Waals surface area contributed by atoms with Gasteiger partial charge in [0, 0.05) is 19.8 Å². The number of thioether (sulfide) groups is 1. The van der Waals surface area contributed by atoms with Gasteiger partial charge in [-0.25, -0.2) is 4.98 Å². The monoisotopic (exact) mass is 372 g/mol. The summed E-state index contributed by atoms with van der Waals surface area (Å²) >= 11 is 6.31. The van der Waals surface area contributed by atoms with Crippen LogP contribution in [0, 0.1) is 6.92 Å². The maximum absolute atomic E-state index is 13.0. The van der Waals surface area contributed by atoms with E-state index in [1.165, 1.54) is 21.1 Å². The summed E-state index contributed by atoms with van der Waals surface area (Å²) in [6, 6.07) is 3.67. The summed E-state index contributed by atoms with van der Waals surface area (Å²) in [5.74, 6) is 0.188. The van der Waals surface area contributed by atoms with E-state index in [4.69, 9.17) is 12.2 Å². The molecule has 2 aromatic heterocycles. The number of amides is 1. The number of anilines is 1. The minimum atomic E-state index is -0.248. The Morgan fingerprint density at radius 1 is 1.40 bits per heavy atom. The summed E-state index contributed by atoms with van der Waals surface area (Å²) in [7, 11) is 1.62. The summed E-state index contributed by atoms with van der Waals surface area (Å²) in [6.45, 7) is 6.01. The van der Waals surface area contributed by atoms with Gasteiger partial charge in [-0.15, -0.1) is 6.58 Å². The Morgan fingerprint density at radius 2 is 2.16 bits per heavy atom. The molecule has 0 aliphatic carbocycles. The smallest absolute Gasteiger partial charge is 0.267 e. The molecule has 2 aromatic rings. The van der Waals surface area contributed by atoms with Crippen molar-refractivity contribution >= 4 is 51.7 Å². The van der Waals surface area contributed by atoms with Gasteiger partial charge in [0.05, 0.1) is 10.5 Å². The largest absolute Gasteiger partial charge is 0.366 e. The van der Waals surface area contributed by atoms with E-state index in [2.05, 4.69) is 16.9 Å². The molecule has 0 bridgehead atoms. The molecule has 0 spiro atoms. The molecule has 0 unspecified atom stereocenters. The van der Waals surface area contributed by atoms with Gasteiger partial charge >= 0.3 is 0 Å². The van der Waals surface area contributed by atoms with Crippen molar-refractivity contribution in [2.75, 3.05) is 18.9 Å². The molecule has 0 aromatic carbocycles. The summed E-state index contributed by atoms with van der Waals surface area (Å²) in [6.07, 6.45) is 4.95. The highest BCUT2D eigenvalue weighted by molar-refractivity contribution is 8.26. The highest BCUT2D eigenvalue weighted by Crippen LogP contribution is 2.31. The first-order valence-corrected chi connectivity index (χ1v) is 8.74. The average molecular weight is 372 g/mol. The number of fused-ring (bicyclic) bond motifs is 1.